The van der Waals surface area contributed by atoms with Crippen LogP contribution in [0.5, 0.6) is 0 Å². The van der Waals surface area contributed by atoms with Crippen LogP contribution in [-0.4, -0.2) is 46.2 Å². The van der Waals surface area contributed by atoms with Crippen LogP contribution in [0.2, 0.25) is 5.02 Å². The molecule has 0 atom stereocenters. The van der Waals surface area contributed by atoms with E-state index in [0.717, 1.165) is 22.4 Å². The summed E-state index contributed by atoms with van der Waals surface area (Å²) in [5, 5.41) is 6.69. The Morgan fingerprint density at radius 1 is 1.02 bits per heavy atom. The Balaban J connectivity index is 1.15. The average molecular weight is 629 g/mol. The Morgan fingerprint density at radius 2 is 1.80 bits per heavy atom. The van der Waals surface area contributed by atoms with Crippen LogP contribution < -0.4 is 10.6 Å². The number of halogens is 1. The van der Waals surface area contributed by atoms with Gasteiger partial charge in [0.1, 0.15) is 29.2 Å². The largest absolute Gasteiger partial charge is 0.460 e. The fraction of sp³-hybridized carbons (Fsp3) is 0.394. The van der Waals surface area contributed by atoms with Gasteiger partial charge in [-0.05, 0) is 83.1 Å². The summed E-state index contributed by atoms with van der Waals surface area (Å²) in [6.45, 7) is 9.90. The SMILES string of the molecule is CC(C)(C)OC(=O)C(C)(C)Cc1cc(C2CC2)cn2cc(CNc3cc(NC(=O)Cc4ncn5ccc(Cl)cc45)ncn3)nc12. The van der Waals surface area contributed by atoms with Crippen molar-refractivity contribution in [2.24, 2.45) is 5.41 Å². The van der Waals surface area contributed by atoms with Crippen molar-refractivity contribution in [2.45, 2.75) is 78.4 Å². The van der Waals surface area contributed by atoms with E-state index in [4.69, 9.17) is 21.3 Å². The second-order valence-corrected chi connectivity index (χ2v) is 13.7. The van der Waals surface area contributed by atoms with Crippen LogP contribution in [-0.2, 0) is 33.7 Å². The predicted molar refractivity (Wildman–Crippen MR) is 172 cm³/mol. The number of anilines is 2. The maximum atomic E-state index is 13.0. The van der Waals surface area contributed by atoms with E-state index >= 15 is 0 Å². The third kappa shape index (κ3) is 7.25. The van der Waals surface area contributed by atoms with Crippen LogP contribution >= 0.6 is 11.6 Å². The van der Waals surface area contributed by atoms with Crippen LogP contribution in [0.15, 0.2) is 55.5 Å². The van der Waals surface area contributed by atoms with Crippen molar-refractivity contribution in [3.05, 3.63) is 83.0 Å². The maximum Gasteiger partial charge on any atom is 0.312 e. The second kappa shape index (κ2) is 11.8. The normalized spacial score (nSPS) is 13.7. The van der Waals surface area contributed by atoms with Crippen molar-refractivity contribution >= 4 is 46.3 Å². The van der Waals surface area contributed by atoms with Crippen molar-refractivity contribution in [2.75, 3.05) is 10.6 Å². The number of aromatic nitrogens is 6. The monoisotopic (exact) mass is 628 g/mol. The molecule has 5 aromatic heterocycles. The van der Waals surface area contributed by atoms with E-state index in [-0.39, 0.29) is 18.3 Å². The van der Waals surface area contributed by atoms with Gasteiger partial charge in [0.15, 0.2) is 0 Å². The molecule has 0 saturated heterocycles. The Bertz CT molecular complexity index is 1900. The van der Waals surface area contributed by atoms with Gasteiger partial charge in [0.25, 0.3) is 0 Å². The summed E-state index contributed by atoms with van der Waals surface area (Å²) in [7, 11) is 0. The Kier molecular flexibility index (Phi) is 7.98. The van der Waals surface area contributed by atoms with Gasteiger partial charge in [0, 0.05) is 29.7 Å². The molecule has 45 heavy (non-hydrogen) atoms. The quantitative estimate of drug-likeness (QED) is 0.180. The number of pyridine rings is 2. The summed E-state index contributed by atoms with van der Waals surface area (Å²) in [4.78, 5) is 43.6. The molecule has 6 rings (SSSR count). The molecule has 0 unspecified atom stereocenters. The number of carbonyl (C=O) groups is 2. The molecule has 0 radical (unpaired) electrons. The highest BCUT2D eigenvalue weighted by molar-refractivity contribution is 6.30. The lowest BCUT2D eigenvalue weighted by Crippen LogP contribution is -2.35. The molecule has 12 heteroatoms. The molecule has 0 aromatic carbocycles. The molecule has 2 N–H and O–H groups in total. The number of nitrogens with zero attached hydrogens (tertiary/aromatic N) is 6. The van der Waals surface area contributed by atoms with E-state index < -0.39 is 11.0 Å². The molecule has 234 valence electrons. The standard InChI is InChI=1S/C33H37ClN8O3/c1-32(2,3)45-31(44)33(4,5)14-21-10-22(20-6-7-20)16-42-17-24(39-30(21)42)15-35-27-13-28(37-18-36-27)40-29(43)12-25-26-11-23(34)8-9-41(26)19-38-25/h8-11,13,16-20H,6-7,12,14-15H2,1-5H3,(H2,35,36,37,40,43). The first-order valence-corrected chi connectivity index (χ1v) is 15.4. The van der Waals surface area contributed by atoms with Gasteiger partial charge in [-0.25, -0.2) is 19.9 Å². The summed E-state index contributed by atoms with van der Waals surface area (Å²) >= 11 is 6.13. The van der Waals surface area contributed by atoms with E-state index in [0.29, 0.717) is 41.2 Å². The summed E-state index contributed by atoms with van der Waals surface area (Å²) in [5.74, 6) is 0.972. The number of fused-ring (bicyclic) bond motifs is 2. The number of rotatable bonds is 10. The van der Waals surface area contributed by atoms with Crippen LogP contribution in [0.4, 0.5) is 11.6 Å². The predicted octanol–water partition coefficient (Wildman–Crippen LogP) is 6.01. The Hall–Kier alpha value is -4.51. The smallest absolute Gasteiger partial charge is 0.312 e. The van der Waals surface area contributed by atoms with Gasteiger partial charge in [-0.15, -0.1) is 0 Å². The van der Waals surface area contributed by atoms with E-state index in [2.05, 4.69) is 42.2 Å². The molecule has 5 aromatic rings. The van der Waals surface area contributed by atoms with E-state index in [1.165, 1.54) is 24.7 Å². The lowest BCUT2D eigenvalue weighted by Gasteiger charge is -2.28. The van der Waals surface area contributed by atoms with Gasteiger partial charge in [0.2, 0.25) is 5.91 Å². The van der Waals surface area contributed by atoms with Gasteiger partial charge >= 0.3 is 5.97 Å². The van der Waals surface area contributed by atoms with Crippen LogP contribution in [0.25, 0.3) is 11.2 Å². The van der Waals surface area contributed by atoms with Crippen molar-refractivity contribution in [3.8, 4) is 0 Å². The number of imidazole rings is 2. The lowest BCUT2D eigenvalue weighted by molar-refractivity contribution is -0.165. The molecular formula is C33H37ClN8O3. The van der Waals surface area contributed by atoms with Gasteiger partial charge in [-0.3, -0.25) is 9.59 Å². The molecule has 5 heterocycles. The Morgan fingerprint density at radius 3 is 2.56 bits per heavy atom. The number of nitrogens with one attached hydrogen (secondary N) is 2. The van der Waals surface area contributed by atoms with Crippen molar-refractivity contribution < 1.29 is 14.3 Å². The first-order valence-electron chi connectivity index (χ1n) is 15.0. The average Bonchev–Trinajstić information content (AvgIpc) is 3.62. The minimum absolute atomic E-state index is 0.0702. The van der Waals surface area contributed by atoms with Gasteiger partial charge < -0.3 is 24.2 Å². The third-order valence-corrected chi connectivity index (χ3v) is 7.86. The number of carbonyl (C=O) groups excluding carboxylic acids is 2. The zero-order chi connectivity index (χ0) is 31.9. The summed E-state index contributed by atoms with van der Waals surface area (Å²) < 4.78 is 9.60. The Labute approximate surface area is 266 Å². The third-order valence-electron chi connectivity index (χ3n) is 7.63. The number of hydrogen-bond acceptors (Lipinski definition) is 8. The van der Waals surface area contributed by atoms with Crippen LogP contribution in [0.1, 0.15) is 75.9 Å². The molecular weight excluding hydrogens is 592 g/mol. The molecule has 0 bridgehead atoms. The van der Waals surface area contributed by atoms with Crippen LogP contribution in [0, 0.1) is 5.41 Å². The first kappa shape index (κ1) is 30.5. The van der Waals surface area contributed by atoms with Crippen molar-refractivity contribution in [3.63, 3.8) is 0 Å². The van der Waals surface area contributed by atoms with Gasteiger partial charge in [-0.2, -0.15) is 0 Å². The number of amides is 1. The highest BCUT2D eigenvalue weighted by atomic mass is 35.5. The number of hydrogen-bond donors (Lipinski definition) is 2. The maximum absolute atomic E-state index is 13.0. The fourth-order valence-corrected chi connectivity index (χ4v) is 5.42. The van der Waals surface area contributed by atoms with E-state index in [1.807, 2.05) is 45.2 Å². The summed E-state index contributed by atoms with van der Waals surface area (Å²) in [5.41, 5.74) is 4.02. The highest BCUT2D eigenvalue weighted by Crippen LogP contribution is 2.41. The van der Waals surface area contributed by atoms with Crippen molar-refractivity contribution in [1.29, 1.82) is 0 Å². The zero-order valence-electron chi connectivity index (χ0n) is 26.1. The highest BCUT2D eigenvalue weighted by Gasteiger charge is 2.34. The molecule has 1 fully saturated rings. The molecule has 0 spiro atoms. The minimum atomic E-state index is -0.722. The molecule has 0 aliphatic heterocycles. The molecule has 1 saturated carbocycles. The van der Waals surface area contributed by atoms with Gasteiger partial charge in [-0.1, -0.05) is 17.7 Å². The first-order chi connectivity index (χ1) is 21.3. The van der Waals surface area contributed by atoms with E-state index in [9.17, 15) is 9.59 Å². The molecule has 1 amide bonds. The van der Waals surface area contributed by atoms with Crippen LogP contribution in [0.3, 0.4) is 0 Å². The van der Waals surface area contributed by atoms with E-state index in [1.54, 1.807) is 30.7 Å². The molecule has 1 aliphatic rings. The number of ether oxygens (including phenoxy) is 1. The lowest BCUT2D eigenvalue weighted by atomic mass is 9.85. The second-order valence-electron chi connectivity index (χ2n) is 13.3. The van der Waals surface area contributed by atoms with Gasteiger partial charge in [0.05, 0.1) is 41.6 Å². The molecule has 11 nitrogen and oxygen atoms in total. The zero-order valence-corrected chi connectivity index (χ0v) is 26.9. The summed E-state index contributed by atoms with van der Waals surface area (Å²) in [6.07, 6.45) is 11.9. The molecule has 1 aliphatic carbocycles. The fourth-order valence-electron chi connectivity index (χ4n) is 5.26. The van der Waals surface area contributed by atoms with Crippen molar-refractivity contribution in [1.82, 2.24) is 28.7 Å². The summed E-state index contributed by atoms with van der Waals surface area (Å²) in [6, 6.07) is 7.42. The number of esters is 1. The topological polar surface area (TPSA) is 128 Å². The minimum Gasteiger partial charge on any atom is -0.460 e.